The van der Waals surface area contributed by atoms with Gasteiger partial charge in [0, 0.05) is 29.1 Å². The maximum atomic E-state index is 12.8. The largest absolute Gasteiger partial charge is 0.333 e. The Morgan fingerprint density at radius 1 is 1.30 bits per heavy atom. The molecule has 0 atom stereocenters. The van der Waals surface area contributed by atoms with Gasteiger partial charge < -0.3 is 9.88 Å². The van der Waals surface area contributed by atoms with Crippen LogP contribution in [0.5, 0.6) is 0 Å². The lowest BCUT2D eigenvalue weighted by molar-refractivity contribution is 0.0692. The SMILES string of the molecule is CC(C)N(C(=O)c1cc(=O)[nH]c2ccccc12)C1CC1. The van der Waals surface area contributed by atoms with Crippen LogP contribution in [0.2, 0.25) is 0 Å². The Labute approximate surface area is 117 Å². The summed E-state index contributed by atoms with van der Waals surface area (Å²) in [6.07, 6.45) is 2.12. The summed E-state index contributed by atoms with van der Waals surface area (Å²) in [5.74, 6) is -0.0372. The molecule has 2 aromatic rings. The van der Waals surface area contributed by atoms with Crippen molar-refractivity contribution in [3.8, 4) is 0 Å². The predicted molar refractivity (Wildman–Crippen MR) is 78.9 cm³/mol. The van der Waals surface area contributed by atoms with Crippen LogP contribution in [-0.2, 0) is 0 Å². The topological polar surface area (TPSA) is 53.2 Å². The molecule has 0 aliphatic heterocycles. The number of pyridine rings is 1. The Kier molecular flexibility index (Phi) is 3.08. The van der Waals surface area contributed by atoms with Crippen molar-refractivity contribution in [1.82, 2.24) is 9.88 Å². The molecule has 1 aliphatic rings. The number of nitrogens with one attached hydrogen (secondary N) is 1. The Morgan fingerprint density at radius 3 is 2.65 bits per heavy atom. The predicted octanol–water partition coefficient (Wildman–Crippen LogP) is 2.54. The van der Waals surface area contributed by atoms with E-state index in [0.29, 0.717) is 17.1 Å². The maximum absolute atomic E-state index is 12.8. The number of aromatic nitrogens is 1. The van der Waals surface area contributed by atoms with Crippen LogP contribution in [0, 0.1) is 0 Å². The molecule has 0 unspecified atom stereocenters. The fourth-order valence-electron chi connectivity index (χ4n) is 2.70. The van der Waals surface area contributed by atoms with Crippen molar-refractivity contribution in [1.29, 1.82) is 0 Å². The van der Waals surface area contributed by atoms with Gasteiger partial charge in [0.05, 0.1) is 5.56 Å². The van der Waals surface area contributed by atoms with Crippen LogP contribution in [0.4, 0.5) is 0 Å². The molecule has 4 heteroatoms. The van der Waals surface area contributed by atoms with E-state index in [2.05, 4.69) is 4.98 Å². The average Bonchev–Trinajstić information content (AvgIpc) is 3.21. The average molecular weight is 270 g/mol. The number of benzene rings is 1. The molecule has 20 heavy (non-hydrogen) atoms. The van der Waals surface area contributed by atoms with Crippen molar-refractivity contribution in [3.63, 3.8) is 0 Å². The number of carbonyl (C=O) groups excluding carboxylic acids is 1. The molecule has 0 bridgehead atoms. The van der Waals surface area contributed by atoms with E-state index in [1.165, 1.54) is 6.07 Å². The minimum Gasteiger partial charge on any atom is -0.333 e. The zero-order chi connectivity index (χ0) is 14.3. The van der Waals surface area contributed by atoms with E-state index in [1.54, 1.807) is 0 Å². The number of carbonyl (C=O) groups is 1. The third-order valence-electron chi connectivity index (χ3n) is 3.71. The van der Waals surface area contributed by atoms with Gasteiger partial charge in [-0.1, -0.05) is 18.2 Å². The third kappa shape index (κ3) is 2.22. The fraction of sp³-hybridized carbons (Fsp3) is 0.375. The Balaban J connectivity index is 2.13. The van der Waals surface area contributed by atoms with Crippen LogP contribution in [-0.4, -0.2) is 27.9 Å². The molecule has 1 amide bonds. The number of amides is 1. The monoisotopic (exact) mass is 270 g/mol. The smallest absolute Gasteiger partial charge is 0.255 e. The van der Waals surface area contributed by atoms with Crippen molar-refractivity contribution in [2.75, 3.05) is 0 Å². The van der Waals surface area contributed by atoms with E-state index in [1.807, 2.05) is 43.0 Å². The number of rotatable bonds is 3. The standard InChI is InChI=1S/C16H18N2O2/c1-10(2)18(11-7-8-11)16(20)13-9-15(19)17-14-6-4-3-5-12(13)14/h3-6,9-11H,7-8H2,1-2H3,(H,17,19). The molecule has 1 N–H and O–H groups in total. The van der Waals surface area contributed by atoms with Crippen molar-refractivity contribution in [2.45, 2.75) is 38.8 Å². The molecule has 1 heterocycles. The lowest BCUT2D eigenvalue weighted by atomic mass is 10.1. The Morgan fingerprint density at radius 2 is 2.00 bits per heavy atom. The molecule has 1 aromatic heterocycles. The first-order valence-corrected chi connectivity index (χ1v) is 7.02. The lowest BCUT2D eigenvalue weighted by Crippen LogP contribution is -2.39. The van der Waals surface area contributed by atoms with Crippen molar-refractivity contribution < 1.29 is 4.79 Å². The molecule has 1 fully saturated rings. The van der Waals surface area contributed by atoms with E-state index in [4.69, 9.17) is 0 Å². The minimum atomic E-state index is -0.230. The van der Waals surface area contributed by atoms with Crippen LogP contribution in [0.25, 0.3) is 10.9 Å². The molecular weight excluding hydrogens is 252 g/mol. The number of hydrogen-bond donors (Lipinski definition) is 1. The zero-order valence-electron chi connectivity index (χ0n) is 11.7. The first-order valence-electron chi connectivity index (χ1n) is 7.02. The van der Waals surface area contributed by atoms with Gasteiger partial charge >= 0.3 is 0 Å². The second kappa shape index (κ2) is 4.78. The zero-order valence-corrected chi connectivity index (χ0v) is 11.7. The summed E-state index contributed by atoms with van der Waals surface area (Å²) in [5, 5.41) is 0.809. The van der Waals surface area contributed by atoms with Gasteiger partial charge in [-0.05, 0) is 32.8 Å². The highest BCUT2D eigenvalue weighted by molar-refractivity contribution is 6.06. The number of aromatic amines is 1. The molecule has 1 aromatic carbocycles. The fourth-order valence-corrected chi connectivity index (χ4v) is 2.70. The second-order valence-corrected chi connectivity index (χ2v) is 5.63. The third-order valence-corrected chi connectivity index (χ3v) is 3.71. The van der Waals surface area contributed by atoms with E-state index >= 15 is 0 Å². The van der Waals surface area contributed by atoms with Gasteiger partial charge in [0.25, 0.3) is 5.91 Å². The number of para-hydroxylation sites is 1. The van der Waals surface area contributed by atoms with Crippen LogP contribution in [0.3, 0.4) is 0 Å². The van der Waals surface area contributed by atoms with E-state index in [-0.39, 0.29) is 17.5 Å². The van der Waals surface area contributed by atoms with Gasteiger partial charge in [-0.25, -0.2) is 0 Å². The minimum absolute atomic E-state index is 0.0372. The van der Waals surface area contributed by atoms with E-state index < -0.39 is 0 Å². The summed E-state index contributed by atoms with van der Waals surface area (Å²) in [6, 6.07) is 9.34. The van der Waals surface area contributed by atoms with Gasteiger partial charge in [0.15, 0.2) is 0 Å². The number of H-pyrrole nitrogens is 1. The van der Waals surface area contributed by atoms with Gasteiger partial charge in [-0.2, -0.15) is 0 Å². The molecule has 104 valence electrons. The first kappa shape index (κ1) is 12.9. The number of hydrogen-bond acceptors (Lipinski definition) is 2. The molecule has 1 aliphatic carbocycles. The van der Waals surface area contributed by atoms with Crippen LogP contribution in [0.15, 0.2) is 35.1 Å². The van der Waals surface area contributed by atoms with Gasteiger partial charge in [0.1, 0.15) is 0 Å². The highest BCUT2D eigenvalue weighted by Crippen LogP contribution is 2.31. The summed E-state index contributed by atoms with van der Waals surface area (Å²) < 4.78 is 0. The van der Waals surface area contributed by atoms with Crippen molar-refractivity contribution in [2.24, 2.45) is 0 Å². The van der Waals surface area contributed by atoms with Gasteiger partial charge in [0.2, 0.25) is 5.56 Å². The first-order chi connectivity index (χ1) is 9.58. The maximum Gasteiger partial charge on any atom is 0.255 e. The quantitative estimate of drug-likeness (QED) is 0.931. The highest BCUT2D eigenvalue weighted by atomic mass is 16.2. The summed E-state index contributed by atoms with van der Waals surface area (Å²) in [5.41, 5.74) is 0.986. The van der Waals surface area contributed by atoms with E-state index in [0.717, 1.165) is 18.2 Å². The van der Waals surface area contributed by atoms with Gasteiger partial charge in [-0.15, -0.1) is 0 Å². The summed E-state index contributed by atoms with van der Waals surface area (Å²) in [7, 11) is 0. The molecule has 0 saturated heterocycles. The van der Waals surface area contributed by atoms with Crippen molar-refractivity contribution >= 4 is 16.8 Å². The Bertz CT molecular complexity index is 712. The summed E-state index contributed by atoms with van der Waals surface area (Å²) in [6.45, 7) is 4.04. The molecule has 0 radical (unpaired) electrons. The van der Waals surface area contributed by atoms with Crippen LogP contribution in [0.1, 0.15) is 37.0 Å². The molecule has 3 rings (SSSR count). The number of fused-ring (bicyclic) bond motifs is 1. The van der Waals surface area contributed by atoms with Crippen LogP contribution < -0.4 is 5.56 Å². The second-order valence-electron chi connectivity index (χ2n) is 5.63. The molecule has 4 nitrogen and oxygen atoms in total. The molecule has 1 saturated carbocycles. The number of nitrogens with zero attached hydrogens (tertiary/aromatic N) is 1. The lowest BCUT2D eigenvalue weighted by Gasteiger charge is -2.27. The Hall–Kier alpha value is -2.10. The van der Waals surface area contributed by atoms with Crippen molar-refractivity contribution in [3.05, 3.63) is 46.2 Å². The summed E-state index contributed by atoms with van der Waals surface area (Å²) in [4.78, 5) is 29.2. The van der Waals surface area contributed by atoms with Crippen LogP contribution >= 0.6 is 0 Å². The molecular formula is C16H18N2O2. The summed E-state index contributed by atoms with van der Waals surface area (Å²) >= 11 is 0. The normalized spacial score (nSPS) is 14.8. The molecule has 0 spiro atoms. The van der Waals surface area contributed by atoms with E-state index in [9.17, 15) is 9.59 Å². The highest BCUT2D eigenvalue weighted by Gasteiger charge is 2.35. The van der Waals surface area contributed by atoms with Gasteiger partial charge in [-0.3, -0.25) is 9.59 Å².